The van der Waals surface area contributed by atoms with Crippen molar-refractivity contribution in [2.24, 2.45) is 0 Å². The molecule has 1 amide bonds. The zero-order chi connectivity index (χ0) is 12.0. The molecule has 0 bridgehead atoms. The fourth-order valence-corrected chi connectivity index (χ4v) is 1.32. The highest BCUT2D eigenvalue weighted by Gasteiger charge is 2.02. The first-order valence-electron chi connectivity index (χ1n) is 5.46. The molecule has 0 saturated carbocycles. The van der Waals surface area contributed by atoms with Gasteiger partial charge >= 0.3 is 0 Å². The molecule has 0 heterocycles. The van der Waals surface area contributed by atoms with E-state index in [0.29, 0.717) is 13.0 Å². The molecule has 88 valence electrons. The standard InChI is InChI=1S/C12H19N3O/c1-9(2)15-12(16)7-8-14-11-5-3-10(13)4-6-11/h3-6,9,14H,7-8,13H2,1-2H3,(H,15,16). The van der Waals surface area contributed by atoms with Gasteiger partial charge in [0.15, 0.2) is 0 Å². The van der Waals surface area contributed by atoms with Gasteiger partial charge in [-0.15, -0.1) is 0 Å². The Hall–Kier alpha value is -1.71. The van der Waals surface area contributed by atoms with Crippen LogP contribution in [0.25, 0.3) is 0 Å². The molecule has 4 N–H and O–H groups in total. The van der Waals surface area contributed by atoms with Crippen molar-refractivity contribution in [3.63, 3.8) is 0 Å². The lowest BCUT2D eigenvalue weighted by Crippen LogP contribution is -2.31. The van der Waals surface area contributed by atoms with Crippen molar-refractivity contribution in [1.82, 2.24) is 5.32 Å². The summed E-state index contributed by atoms with van der Waals surface area (Å²) in [5.74, 6) is 0.0675. The number of amides is 1. The van der Waals surface area contributed by atoms with Crippen LogP contribution in [0.3, 0.4) is 0 Å². The van der Waals surface area contributed by atoms with E-state index in [1.54, 1.807) is 0 Å². The summed E-state index contributed by atoms with van der Waals surface area (Å²) in [6.45, 7) is 4.53. The van der Waals surface area contributed by atoms with Gasteiger partial charge in [-0.3, -0.25) is 4.79 Å². The number of benzene rings is 1. The maximum atomic E-state index is 11.3. The summed E-state index contributed by atoms with van der Waals surface area (Å²) in [6.07, 6.45) is 0.475. The Morgan fingerprint density at radius 3 is 2.50 bits per heavy atom. The van der Waals surface area contributed by atoms with Gasteiger partial charge in [-0.25, -0.2) is 0 Å². The average Bonchev–Trinajstić information content (AvgIpc) is 2.20. The van der Waals surface area contributed by atoms with Gasteiger partial charge in [0.05, 0.1) is 0 Å². The van der Waals surface area contributed by atoms with Gasteiger partial charge in [-0.1, -0.05) is 0 Å². The first kappa shape index (κ1) is 12.4. The average molecular weight is 221 g/mol. The van der Waals surface area contributed by atoms with Crippen molar-refractivity contribution in [1.29, 1.82) is 0 Å². The molecule has 0 spiro atoms. The molecule has 0 unspecified atom stereocenters. The lowest BCUT2D eigenvalue weighted by Gasteiger charge is -2.09. The third-order valence-corrected chi connectivity index (χ3v) is 2.04. The fourth-order valence-electron chi connectivity index (χ4n) is 1.32. The maximum Gasteiger partial charge on any atom is 0.221 e. The Balaban J connectivity index is 2.25. The van der Waals surface area contributed by atoms with E-state index >= 15 is 0 Å². The fraction of sp³-hybridized carbons (Fsp3) is 0.417. The molecule has 16 heavy (non-hydrogen) atoms. The number of hydrogen-bond acceptors (Lipinski definition) is 3. The van der Waals surface area contributed by atoms with E-state index in [1.807, 2.05) is 38.1 Å². The quantitative estimate of drug-likeness (QED) is 0.661. The molecule has 0 aliphatic carbocycles. The van der Waals surface area contributed by atoms with Gasteiger partial charge in [-0.05, 0) is 38.1 Å². The summed E-state index contributed by atoms with van der Waals surface area (Å²) < 4.78 is 0. The largest absolute Gasteiger partial charge is 0.399 e. The number of nitrogen functional groups attached to an aromatic ring is 1. The summed E-state index contributed by atoms with van der Waals surface area (Å²) in [5, 5.41) is 6.00. The van der Waals surface area contributed by atoms with Crippen molar-refractivity contribution in [3.05, 3.63) is 24.3 Å². The predicted octanol–water partition coefficient (Wildman–Crippen LogP) is 1.60. The minimum Gasteiger partial charge on any atom is -0.399 e. The number of rotatable bonds is 5. The van der Waals surface area contributed by atoms with E-state index in [1.165, 1.54) is 0 Å². The monoisotopic (exact) mass is 221 g/mol. The zero-order valence-corrected chi connectivity index (χ0v) is 9.79. The molecule has 4 heteroatoms. The highest BCUT2D eigenvalue weighted by Crippen LogP contribution is 2.09. The number of carbonyl (C=O) groups excluding carboxylic acids is 1. The first-order valence-corrected chi connectivity index (χ1v) is 5.46. The molecule has 1 aromatic carbocycles. The molecular weight excluding hydrogens is 202 g/mol. The van der Waals surface area contributed by atoms with E-state index in [9.17, 15) is 4.79 Å². The minimum atomic E-state index is 0.0675. The molecular formula is C12H19N3O. The highest BCUT2D eigenvalue weighted by atomic mass is 16.1. The Morgan fingerprint density at radius 1 is 1.31 bits per heavy atom. The molecule has 1 aromatic rings. The second-order valence-corrected chi connectivity index (χ2v) is 4.02. The summed E-state index contributed by atoms with van der Waals surface area (Å²) in [7, 11) is 0. The second kappa shape index (κ2) is 6.00. The molecule has 1 rings (SSSR count). The van der Waals surface area contributed by atoms with Crippen LogP contribution in [0.5, 0.6) is 0 Å². The van der Waals surface area contributed by atoms with E-state index in [-0.39, 0.29) is 11.9 Å². The normalized spacial score (nSPS) is 10.2. The third-order valence-electron chi connectivity index (χ3n) is 2.04. The minimum absolute atomic E-state index is 0.0675. The van der Waals surface area contributed by atoms with Crippen LogP contribution in [0.15, 0.2) is 24.3 Å². The number of nitrogens with one attached hydrogen (secondary N) is 2. The van der Waals surface area contributed by atoms with Crippen LogP contribution in [0.1, 0.15) is 20.3 Å². The lowest BCUT2D eigenvalue weighted by atomic mass is 10.2. The molecule has 0 atom stereocenters. The van der Waals surface area contributed by atoms with Gasteiger partial charge in [0.2, 0.25) is 5.91 Å². The molecule has 0 radical (unpaired) electrons. The summed E-state index contributed by atoms with van der Waals surface area (Å²) in [6, 6.07) is 7.65. The summed E-state index contributed by atoms with van der Waals surface area (Å²) in [5.41, 5.74) is 7.28. The van der Waals surface area contributed by atoms with E-state index in [0.717, 1.165) is 11.4 Å². The van der Waals surface area contributed by atoms with Crippen molar-refractivity contribution < 1.29 is 4.79 Å². The lowest BCUT2D eigenvalue weighted by molar-refractivity contribution is -0.121. The Bertz CT molecular complexity index is 333. The van der Waals surface area contributed by atoms with Gasteiger partial charge in [0.1, 0.15) is 0 Å². The third kappa shape index (κ3) is 4.68. The van der Waals surface area contributed by atoms with Crippen molar-refractivity contribution in [2.75, 3.05) is 17.6 Å². The first-order chi connectivity index (χ1) is 7.58. The van der Waals surface area contributed by atoms with Crippen LogP contribution in [0.4, 0.5) is 11.4 Å². The second-order valence-electron chi connectivity index (χ2n) is 4.02. The Labute approximate surface area is 96.2 Å². The topological polar surface area (TPSA) is 67.2 Å². The SMILES string of the molecule is CC(C)NC(=O)CCNc1ccc(N)cc1. The molecule has 4 nitrogen and oxygen atoms in total. The predicted molar refractivity (Wildman–Crippen MR) is 67.2 cm³/mol. The van der Waals surface area contributed by atoms with Gasteiger partial charge in [0.25, 0.3) is 0 Å². The number of anilines is 2. The number of carbonyl (C=O) groups is 1. The van der Waals surface area contributed by atoms with Crippen molar-refractivity contribution in [3.8, 4) is 0 Å². The maximum absolute atomic E-state index is 11.3. The molecule has 0 aliphatic heterocycles. The summed E-state index contributed by atoms with van der Waals surface area (Å²) >= 11 is 0. The zero-order valence-electron chi connectivity index (χ0n) is 9.79. The molecule has 0 aliphatic rings. The van der Waals surface area contributed by atoms with Gasteiger partial charge in [0, 0.05) is 30.4 Å². The van der Waals surface area contributed by atoms with Crippen LogP contribution < -0.4 is 16.4 Å². The van der Waals surface area contributed by atoms with Crippen LogP contribution in [-0.4, -0.2) is 18.5 Å². The molecule has 0 aromatic heterocycles. The Morgan fingerprint density at radius 2 is 1.94 bits per heavy atom. The number of nitrogens with two attached hydrogens (primary N) is 1. The Kier molecular flexibility index (Phi) is 4.64. The van der Waals surface area contributed by atoms with Crippen LogP contribution in [0, 0.1) is 0 Å². The van der Waals surface area contributed by atoms with E-state index in [4.69, 9.17) is 5.73 Å². The van der Waals surface area contributed by atoms with E-state index < -0.39 is 0 Å². The highest BCUT2D eigenvalue weighted by molar-refractivity contribution is 5.76. The molecule has 0 fully saturated rings. The molecule has 0 saturated heterocycles. The summed E-state index contributed by atoms with van der Waals surface area (Å²) in [4.78, 5) is 11.3. The van der Waals surface area contributed by atoms with Crippen LogP contribution in [0.2, 0.25) is 0 Å². The number of hydrogen-bond donors (Lipinski definition) is 3. The van der Waals surface area contributed by atoms with E-state index in [2.05, 4.69) is 10.6 Å². The smallest absolute Gasteiger partial charge is 0.221 e. The van der Waals surface area contributed by atoms with Crippen molar-refractivity contribution >= 4 is 17.3 Å². The van der Waals surface area contributed by atoms with Crippen LogP contribution in [-0.2, 0) is 4.79 Å². The van der Waals surface area contributed by atoms with Gasteiger partial charge < -0.3 is 16.4 Å². The van der Waals surface area contributed by atoms with Crippen molar-refractivity contribution in [2.45, 2.75) is 26.3 Å². The van der Waals surface area contributed by atoms with Crippen LogP contribution >= 0.6 is 0 Å². The van der Waals surface area contributed by atoms with Gasteiger partial charge in [-0.2, -0.15) is 0 Å².